The minimum Gasteiger partial charge on any atom is -0.344 e. The molecule has 0 atom stereocenters. The Morgan fingerprint density at radius 3 is 2.72 bits per heavy atom. The second-order valence-electron chi connectivity index (χ2n) is 5.43. The van der Waals surface area contributed by atoms with Gasteiger partial charge in [-0.05, 0) is 46.7 Å². The summed E-state index contributed by atoms with van der Waals surface area (Å²) in [6.07, 6.45) is 1.86. The summed E-state index contributed by atoms with van der Waals surface area (Å²) in [7, 11) is 0. The number of carbonyl (C=O) groups is 1. The summed E-state index contributed by atoms with van der Waals surface area (Å²) in [5.74, 6) is 0.306. The van der Waals surface area contributed by atoms with Gasteiger partial charge in [0.15, 0.2) is 0 Å². The molecule has 1 fully saturated rings. The molecular formula is C13H21N3OS. The Morgan fingerprint density at radius 1 is 1.50 bits per heavy atom. The molecule has 0 radical (unpaired) electrons. The van der Waals surface area contributed by atoms with Crippen LogP contribution in [0.15, 0.2) is 5.38 Å². The van der Waals surface area contributed by atoms with Gasteiger partial charge in [0, 0.05) is 17.0 Å². The molecule has 1 aliphatic heterocycles. The van der Waals surface area contributed by atoms with Crippen molar-refractivity contribution >= 4 is 17.2 Å². The molecule has 4 nitrogen and oxygen atoms in total. The van der Waals surface area contributed by atoms with Crippen molar-refractivity contribution in [2.24, 2.45) is 5.92 Å². The smallest absolute Gasteiger partial charge is 0.223 e. The first kappa shape index (κ1) is 13.5. The van der Waals surface area contributed by atoms with Gasteiger partial charge in [-0.1, -0.05) is 0 Å². The first-order valence-corrected chi connectivity index (χ1v) is 7.32. The van der Waals surface area contributed by atoms with Crippen molar-refractivity contribution in [3.05, 3.63) is 16.1 Å². The van der Waals surface area contributed by atoms with Gasteiger partial charge in [-0.25, -0.2) is 4.98 Å². The number of aromatic nitrogens is 1. The maximum atomic E-state index is 12.2. The molecule has 100 valence electrons. The molecule has 1 saturated heterocycles. The zero-order valence-electron chi connectivity index (χ0n) is 11.2. The van der Waals surface area contributed by atoms with E-state index in [4.69, 9.17) is 0 Å². The molecule has 2 heterocycles. The Balaban J connectivity index is 2.00. The highest BCUT2D eigenvalue weighted by atomic mass is 32.1. The second kappa shape index (κ2) is 5.36. The summed E-state index contributed by atoms with van der Waals surface area (Å²) in [4.78, 5) is 16.7. The summed E-state index contributed by atoms with van der Waals surface area (Å²) >= 11 is 1.61. The predicted molar refractivity (Wildman–Crippen MR) is 73.6 cm³/mol. The molecule has 5 heteroatoms. The van der Waals surface area contributed by atoms with Crippen LogP contribution < -0.4 is 10.6 Å². The number of carbonyl (C=O) groups excluding carboxylic acids is 1. The van der Waals surface area contributed by atoms with Crippen LogP contribution in [-0.4, -0.2) is 24.0 Å². The molecule has 0 bridgehead atoms. The maximum absolute atomic E-state index is 12.2. The lowest BCUT2D eigenvalue weighted by atomic mass is 9.95. The van der Waals surface area contributed by atoms with Crippen LogP contribution in [-0.2, 0) is 10.3 Å². The highest BCUT2D eigenvalue weighted by Crippen LogP contribution is 2.25. The Hall–Kier alpha value is -0.940. The maximum Gasteiger partial charge on any atom is 0.223 e. The van der Waals surface area contributed by atoms with E-state index >= 15 is 0 Å². The second-order valence-corrected chi connectivity index (χ2v) is 6.29. The molecule has 18 heavy (non-hydrogen) atoms. The van der Waals surface area contributed by atoms with Crippen LogP contribution in [0.25, 0.3) is 0 Å². The van der Waals surface area contributed by atoms with Crippen molar-refractivity contribution in [2.45, 2.75) is 39.2 Å². The highest BCUT2D eigenvalue weighted by Gasteiger charge is 2.30. The lowest BCUT2D eigenvalue weighted by Crippen LogP contribution is -2.46. The van der Waals surface area contributed by atoms with Crippen LogP contribution in [0.5, 0.6) is 0 Å². The molecule has 1 amide bonds. The van der Waals surface area contributed by atoms with Gasteiger partial charge in [-0.2, -0.15) is 0 Å². The zero-order valence-corrected chi connectivity index (χ0v) is 12.1. The van der Waals surface area contributed by atoms with E-state index in [0.29, 0.717) is 0 Å². The molecule has 1 aromatic heterocycles. The minimum absolute atomic E-state index is 0.145. The van der Waals surface area contributed by atoms with E-state index in [0.717, 1.165) is 36.6 Å². The van der Waals surface area contributed by atoms with Crippen LogP contribution in [0.1, 0.15) is 37.4 Å². The third kappa shape index (κ3) is 3.09. The van der Waals surface area contributed by atoms with Crippen LogP contribution in [0.3, 0.4) is 0 Å². The van der Waals surface area contributed by atoms with Crippen molar-refractivity contribution in [3.63, 3.8) is 0 Å². The van der Waals surface area contributed by atoms with E-state index in [1.807, 2.05) is 26.2 Å². The third-order valence-corrected chi connectivity index (χ3v) is 4.58. The average Bonchev–Trinajstić information content (AvgIpc) is 2.77. The SMILES string of the molecule is Cc1csc(C(C)(C)NC(=O)C2CCNCC2)n1. The lowest BCUT2D eigenvalue weighted by molar-refractivity contribution is -0.127. The number of aryl methyl sites for hydroxylation is 1. The van der Waals surface area contributed by atoms with Gasteiger partial charge in [0.25, 0.3) is 0 Å². The van der Waals surface area contributed by atoms with Gasteiger partial charge in [0.2, 0.25) is 5.91 Å². The van der Waals surface area contributed by atoms with Crippen molar-refractivity contribution < 1.29 is 4.79 Å². The molecular weight excluding hydrogens is 246 g/mol. The molecule has 1 aromatic rings. The number of hydrogen-bond acceptors (Lipinski definition) is 4. The van der Waals surface area contributed by atoms with Gasteiger partial charge in [-0.3, -0.25) is 4.79 Å². The van der Waals surface area contributed by atoms with Crippen LogP contribution in [0.4, 0.5) is 0 Å². The summed E-state index contributed by atoms with van der Waals surface area (Å²) in [6, 6.07) is 0. The van der Waals surface area contributed by atoms with E-state index in [-0.39, 0.29) is 17.4 Å². The van der Waals surface area contributed by atoms with Gasteiger partial charge >= 0.3 is 0 Å². The van der Waals surface area contributed by atoms with E-state index in [1.165, 1.54) is 0 Å². The third-order valence-electron chi connectivity index (χ3n) is 3.30. The first-order chi connectivity index (χ1) is 8.49. The standard InChI is InChI=1S/C13H21N3OS/c1-9-8-18-12(15-9)13(2,3)16-11(17)10-4-6-14-7-5-10/h8,10,14H,4-7H2,1-3H3,(H,16,17). The zero-order chi connectivity index (χ0) is 13.2. The molecule has 0 spiro atoms. The van der Waals surface area contributed by atoms with Crippen molar-refractivity contribution in [2.75, 3.05) is 13.1 Å². The number of amides is 1. The summed E-state index contributed by atoms with van der Waals surface area (Å²) < 4.78 is 0. The van der Waals surface area contributed by atoms with Gasteiger partial charge in [0.1, 0.15) is 5.01 Å². The normalized spacial score (nSPS) is 17.7. The fraction of sp³-hybridized carbons (Fsp3) is 0.692. The van der Waals surface area contributed by atoms with E-state index in [9.17, 15) is 4.79 Å². The highest BCUT2D eigenvalue weighted by molar-refractivity contribution is 7.09. The number of piperidine rings is 1. The molecule has 2 N–H and O–H groups in total. The Morgan fingerprint density at radius 2 is 2.17 bits per heavy atom. The van der Waals surface area contributed by atoms with Gasteiger partial charge in [0.05, 0.1) is 5.54 Å². The summed E-state index contributed by atoms with van der Waals surface area (Å²) in [6.45, 7) is 7.89. The fourth-order valence-corrected chi connectivity index (χ4v) is 3.07. The molecule has 0 saturated carbocycles. The van der Waals surface area contributed by atoms with Crippen molar-refractivity contribution in [1.29, 1.82) is 0 Å². The summed E-state index contributed by atoms with van der Waals surface area (Å²) in [5.41, 5.74) is 0.639. The quantitative estimate of drug-likeness (QED) is 0.878. The van der Waals surface area contributed by atoms with Crippen LogP contribution in [0, 0.1) is 12.8 Å². The monoisotopic (exact) mass is 267 g/mol. The topological polar surface area (TPSA) is 54.0 Å². The Bertz CT molecular complexity index is 422. The van der Waals surface area contributed by atoms with Crippen molar-refractivity contribution in [1.82, 2.24) is 15.6 Å². The lowest BCUT2D eigenvalue weighted by Gasteiger charge is -2.28. The summed E-state index contributed by atoms with van der Waals surface area (Å²) in [5, 5.41) is 9.41. The molecule has 0 aliphatic carbocycles. The largest absolute Gasteiger partial charge is 0.344 e. The van der Waals surface area contributed by atoms with Gasteiger partial charge in [-0.15, -0.1) is 11.3 Å². The van der Waals surface area contributed by atoms with E-state index in [2.05, 4.69) is 15.6 Å². The molecule has 0 aromatic carbocycles. The number of hydrogen-bond donors (Lipinski definition) is 2. The van der Waals surface area contributed by atoms with E-state index < -0.39 is 0 Å². The minimum atomic E-state index is -0.374. The van der Waals surface area contributed by atoms with E-state index in [1.54, 1.807) is 11.3 Å². The predicted octanol–water partition coefficient (Wildman–Crippen LogP) is 1.80. The number of rotatable bonds is 3. The average molecular weight is 267 g/mol. The Labute approximate surface area is 112 Å². The number of nitrogens with zero attached hydrogens (tertiary/aromatic N) is 1. The van der Waals surface area contributed by atoms with Crippen LogP contribution in [0.2, 0.25) is 0 Å². The first-order valence-electron chi connectivity index (χ1n) is 6.44. The van der Waals surface area contributed by atoms with Crippen molar-refractivity contribution in [3.8, 4) is 0 Å². The molecule has 0 unspecified atom stereocenters. The fourth-order valence-electron chi connectivity index (χ4n) is 2.19. The molecule has 2 rings (SSSR count). The van der Waals surface area contributed by atoms with Gasteiger partial charge < -0.3 is 10.6 Å². The number of nitrogens with one attached hydrogen (secondary N) is 2. The Kier molecular flexibility index (Phi) is 4.02. The number of thiazole rings is 1. The van der Waals surface area contributed by atoms with Crippen LogP contribution >= 0.6 is 11.3 Å². The molecule has 1 aliphatic rings.